The second kappa shape index (κ2) is 7.18. The van der Waals surface area contributed by atoms with Gasteiger partial charge in [0.1, 0.15) is 0 Å². The van der Waals surface area contributed by atoms with Crippen molar-refractivity contribution in [2.24, 2.45) is 5.73 Å². The average molecular weight is 256 g/mol. The van der Waals surface area contributed by atoms with Crippen LogP contribution >= 0.6 is 0 Å². The van der Waals surface area contributed by atoms with Gasteiger partial charge >= 0.3 is 6.18 Å². The molecule has 3 N–H and O–H groups in total. The van der Waals surface area contributed by atoms with Crippen molar-refractivity contribution in [1.82, 2.24) is 4.90 Å². The van der Waals surface area contributed by atoms with Crippen LogP contribution in [0.1, 0.15) is 32.6 Å². The molecule has 0 saturated heterocycles. The van der Waals surface area contributed by atoms with Gasteiger partial charge in [0.05, 0.1) is 12.0 Å². The number of hydrogen-bond donors (Lipinski definition) is 2. The maximum atomic E-state index is 12.0. The molecule has 0 rings (SSSR count). The van der Waals surface area contributed by atoms with Crippen molar-refractivity contribution in [3.63, 3.8) is 0 Å². The zero-order chi connectivity index (χ0) is 13.5. The molecule has 3 nitrogen and oxygen atoms in total. The number of halogens is 3. The van der Waals surface area contributed by atoms with Crippen molar-refractivity contribution in [3.8, 4) is 0 Å². The molecule has 6 heteroatoms. The molecular formula is C11H23F3N2O. The molecule has 0 aromatic rings. The Balaban J connectivity index is 3.74. The van der Waals surface area contributed by atoms with Crippen LogP contribution in [0.25, 0.3) is 0 Å². The van der Waals surface area contributed by atoms with E-state index in [-0.39, 0.29) is 13.1 Å². The van der Waals surface area contributed by atoms with Gasteiger partial charge in [-0.05, 0) is 32.9 Å². The van der Waals surface area contributed by atoms with Gasteiger partial charge in [0.2, 0.25) is 0 Å². The number of nitrogens with zero attached hydrogens (tertiary/aromatic N) is 1. The van der Waals surface area contributed by atoms with Gasteiger partial charge in [0, 0.05) is 13.1 Å². The van der Waals surface area contributed by atoms with Crippen LogP contribution in [0.5, 0.6) is 0 Å². The molecule has 1 atom stereocenters. The highest BCUT2D eigenvalue weighted by Crippen LogP contribution is 2.20. The fourth-order valence-electron chi connectivity index (χ4n) is 1.53. The molecule has 0 radical (unpaired) electrons. The van der Waals surface area contributed by atoms with Gasteiger partial charge in [-0.3, -0.25) is 0 Å². The molecule has 0 heterocycles. The van der Waals surface area contributed by atoms with Crippen molar-refractivity contribution in [2.45, 2.75) is 44.4 Å². The second-order valence-electron chi connectivity index (χ2n) is 4.55. The summed E-state index contributed by atoms with van der Waals surface area (Å²) in [4.78, 5) is 1.63. The van der Waals surface area contributed by atoms with Crippen molar-refractivity contribution >= 4 is 0 Å². The van der Waals surface area contributed by atoms with Crippen LogP contribution in [-0.4, -0.2) is 48.5 Å². The smallest absolute Gasteiger partial charge is 0.389 e. The van der Waals surface area contributed by atoms with E-state index in [4.69, 9.17) is 5.73 Å². The third kappa shape index (κ3) is 8.40. The molecule has 0 fully saturated rings. The third-order valence-electron chi connectivity index (χ3n) is 3.00. The highest BCUT2D eigenvalue weighted by Gasteiger charge is 2.27. The summed E-state index contributed by atoms with van der Waals surface area (Å²) < 4.78 is 35.9. The van der Waals surface area contributed by atoms with Crippen LogP contribution in [0.4, 0.5) is 13.2 Å². The highest BCUT2D eigenvalue weighted by molar-refractivity contribution is 4.77. The Bertz CT molecular complexity index is 205. The first-order chi connectivity index (χ1) is 7.72. The van der Waals surface area contributed by atoms with Gasteiger partial charge < -0.3 is 15.7 Å². The number of nitrogens with two attached hydrogens (primary N) is 1. The largest absolute Gasteiger partial charge is 0.390 e. The Hall–Kier alpha value is -0.330. The molecule has 0 aromatic heterocycles. The molecular weight excluding hydrogens is 233 g/mol. The Morgan fingerprint density at radius 1 is 1.18 bits per heavy atom. The Morgan fingerprint density at radius 2 is 1.76 bits per heavy atom. The lowest BCUT2D eigenvalue weighted by molar-refractivity contribution is -0.137. The summed E-state index contributed by atoms with van der Waals surface area (Å²) in [5, 5.41) is 9.88. The molecule has 0 aliphatic rings. The highest BCUT2D eigenvalue weighted by atomic mass is 19.4. The average Bonchev–Trinajstić information content (AvgIpc) is 2.25. The van der Waals surface area contributed by atoms with Crippen LogP contribution in [0.2, 0.25) is 0 Å². The number of hydrogen-bond acceptors (Lipinski definition) is 3. The van der Waals surface area contributed by atoms with E-state index in [0.29, 0.717) is 25.8 Å². The minimum atomic E-state index is -4.10. The van der Waals surface area contributed by atoms with Gasteiger partial charge in [-0.15, -0.1) is 0 Å². The Labute approximate surface area is 101 Å². The van der Waals surface area contributed by atoms with E-state index in [1.165, 1.54) is 0 Å². The van der Waals surface area contributed by atoms with E-state index in [1.807, 2.05) is 6.92 Å². The SMILES string of the molecule is CCC(O)(CN)CCCN(C)CCC(F)(F)F. The summed E-state index contributed by atoms with van der Waals surface area (Å²) >= 11 is 0. The molecule has 1 unspecified atom stereocenters. The normalized spacial score (nSPS) is 16.2. The number of rotatable bonds is 8. The molecule has 0 saturated carbocycles. The maximum absolute atomic E-state index is 12.0. The topological polar surface area (TPSA) is 49.5 Å². The quantitative estimate of drug-likeness (QED) is 0.695. The van der Waals surface area contributed by atoms with Crippen LogP contribution in [0, 0.1) is 0 Å². The maximum Gasteiger partial charge on any atom is 0.390 e. The summed E-state index contributed by atoms with van der Waals surface area (Å²) in [6.45, 7) is 2.57. The summed E-state index contributed by atoms with van der Waals surface area (Å²) in [5.74, 6) is 0. The standard InChI is InChI=1S/C11H23F3N2O/c1-3-10(17,9-15)5-4-7-16(2)8-6-11(12,13)14/h17H,3-9,15H2,1-2H3. The van der Waals surface area contributed by atoms with E-state index >= 15 is 0 Å². The van der Waals surface area contributed by atoms with Gasteiger partial charge in [-0.1, -0.05) is 6.92 Å². The lowest BCUT2D eigenvalue weighted by atomic mass is 9.95. The fraction of sp³-hybridized carbons (Fsp3) is 1.00. The van der Waals surface area contributed by atoms with Crippen molar-refractivity contribution < 1.29 is 18.3 Å². The monoisotopic (exact) mass is 256 g/mol. The molecule has 0 bridgehead atoms. The van der Waals surface area contributed by atoms with Crippen molar-refractivity contribution in [2.75, 3.05) is 26.7 Å². The summed E-state index contributed by atoms with van der Waals surface area (Å²) in [6.07, 6.45) is -3.16. The molecule has 0 aromatic carbocycles. The first-order valence-electron chi connectivity index (χ1n) is 5.90. The predicted octanol–water partition coefficient (Wildman–Crippen LogP) is 1.75. The summed E-state index contributed by atoms with van der Waals surface area (Å²) in [6, 6.07) is 0. The Morgan fingerprint density at radius 3 is 2.18 bits per heavy atom. The first kappa shape index (κ1) is 16.7. The second-order valence-corrected chi connectivity index (χ2v) is 4.55. The molecule has 104 valence electrons. The fourth-order valence-corrected chi connectivity index (χ4v) is 1.53. The summed E-state index contributed by atoms with van der Waals surface area (Å²) in [5.41, 5.74) is 4.57. The van der Waals surface area contributed by atoms with E-state index < -0.39 is 18.2 Å². The van der Waals surface area contributed by atoms with E-state index in [0.717, 1.165) is 0 Å². The van der Waals surface area contributed by atoms with Gasteiger partial charge in [0.15, 0.2) is 0 Å². The molecule has 0 amide bonds. The van der Waals surface area contributed by atoms with Crippen molar-refractivity contribution in [1.29, 1.82) is 0 Å². The van der Waals surface area contributed by atoms with Crippen molar-refractivity contribution in [3.05, 3.63) is 0 Å². The van der Waals surface area contributed by atoms with E-state index in [9.17, 15) is 18.3 Å². The third-order valence-corrected chi connectivity index (χ3v) is 3.00. The van der Waals surface area contributed by atoms with Gasteiger partial charge in [-0.25, -0.2) is 0 Å². The van der Waals surface area contributed by atoms with Crippen LogP contribution < -0.4 is 5.73 Å². The predicted molar refractivity (Wildman–Crippen MR) is 61.7 cm³/mol. The van der Waals surface area contributed by atoms with E-state index in [1.54, 1.807) is 11.9 Å². The Kier molecular flexibility index (Phi) is 7.04. The number of aliphatic hydroxyl groups is 1. The minimum Gasteiger partial charge on any atom is -0.389 e. The molecule has 0 spiro atoms. The molecule has 17 heavy (non-hydrogen) atoms. The zero-order valence-electron chi connectivity index (χ0n) is 10.6. The first-order valence-corrected chi connectivity index (χ1v) is 5.90. The van der Waals surface area contributed by atoms with Crippen LogP contribution in [0.3, 0.4) is 0 Å². The summed E-state index contributed by atoms with van der Waals surface area (Å²) in [7, 11) is 1.65. The molecule has 0 aliphatic carbocycles. The van der Waals surface area contributed by atoms with Gasteiger partial charge in [0.25, 0.3) is 0 Å². The lowest BCUT2D eigenvalue weighted by Gasteiger charge is -2.26. The zero-order valence-corrected chi connectivity index (χ0v) is 10.6. The van der Waals surface area contributed by atoms with E-state index in [2.05, 4.69) is 0 Å². The van der Waals surface area contributed by atoms with Crippen LogP contribution in [-0.2, 0) is 0 Å². The van der Waals surface area contributed by atoms with Crippen LogP contribution in [0.15, 0.2) is 0 Å². The van der Waals surface area contributed by atoms with Gasteiger partial charge in [-0.2, -0.15) is 13.2 Å². The number of alkyl halides is 3. The minimum absolute atomic E-state index is 0.00330. The molecule has 0 aliphatic heterocycles. The lowest BCUT2D eigenvalue weighted by Crippen LogP contribution is -2.37.